The van der Waals surface area contributed by atoms with Crippen molar-refractivity contribution in [2.75, 3.05) is 4.72 Å². The predicted octanol–water partition coefficient (Wildman–Crippen LogP) is 1.77. The molecule has 0 aliphatic heterocycles. The molecule has 4 aromatic rings. The largest absolute Gasteiger partial charge is 0.481 e. The third-order valence-electron chi connectivity index (χ3n) is 5.34. The van der Waals surface area contributed by atoms with Crippen molar-refractivity contribution in [1.82, 2.24) is 9.55 Å². The zero-order valence-electron chi connectivity index (χ0n) is 18.4. The minimum absolute atomic E-state index is 0.0276. The highest BCUT2D eigenvalue weighted by Crippen LogP contribution is 2.25. The highest BCUT2D eigenvalue weighted by Gasteiger charge is 2.28. The van der Waals surface area contributed by atoms with Crippen LogP contribution in [0.4, 0.5) is 5.69 Å². The number of aromatic nitrogens is 2. The van der Waals surface area contributed by atoms with Gasteiger partial charge < -0.3 is 19.6 Å². The first-order valence-corrected chi connectivity index (χ1v) is 11.9. The average Bonchev–Trinajstić information content (AvgIpc) is 3.32. The van der Waals surface area contributed by atoms with Gasteiger partial charge >= 0.3 is 17.6 Å². The van der Waals surface area contributed by atoms with Crippen LogP contribution < -0.4 is 16.0 Å². The van der Waals surface area contributed by atoms with Crippen molar-refractivity contribution in [3.05, 3.63) is 93.0 Å². The number of fused-ring (bicyclic) bond motifs is 1. The van der Waals surface area contributed by atoms with Gasteiger partial charge in [-0.3, -0.25) is 14.3 Å². The fourth-order valence-corrected chi connectivity index (χ4v) is 4.82. The minimum atomic E-state index is -4.06. The van der Waals surface area contributed by atoms with Crippen molar-refractivity contribution in [1.29, 1.82) is 0 Å². The number of aliphatic carboxylic acids is 2. The Morgan fingerprint density at radius 2 is 1.78 bits per heavy atom. The summed E-state index contributed by atoms with van der Waals surface area (Å²) in [6.07, 6.45) is 0.448. The molecule has 0 aliphatic rings. The van der Waals surface area contributed by atoms with Crippen molar-refractivity contribution in [3.63, 3.8) is 0 Å². The van der Waals surface area contributed by atoms with Crippen LogP contribution >= 0.6 is 0 Å². The van der Waals surface area contributed by atoms with Gasteiger partial charge in [-0.05, 0) is 42.0 Å². The minimum Gasteiger partial charge on any atom is -0.481 e. The van der Waals surface area contributed by atoms with Gasteiger partial charge in [0.05, 0.1) is 34.2 Å². The van der Waals surface area contributed by atoms with Crippen LogP contribution in [0.5, 0.6) is 0 Å². The van der Waals surface area contributed by atoms with Crippen LogP contribution in [0, 0.1) is 0 Å². The number of aromatic amines is 1. The standard InChI is InChI=1S/C23H19N3O9S/c27-19(28)12-18(22(30)31)26-21(29)17-11-14(25-36(33,34)16-6-2-1-3-7-16)9-13(20(17)24-23(26)32)10-15-5-4-8-35-15/h1-9,11,18,25H,10,12H2,(H,24,32)(H,27,28)(H,30,31). The number of hydrogen-bond donors (Lipinski definition) is 4. The first kappa shape index (κ1) is 24.5. The molecule has 0 spiro atoms. The van der Waals surface area contributed by atoms with Crippen molar-refractivity contribution in [3.8, 4) is 0 Å². The maximum atomic E-state index is 13.3. The fourth-order valence-electron chi connectivity index (χ4n) is 3.76. The Morgan fingerprint density at radius 1 is 1.06 bits per heavy atom. The second-order valence-electron chi connectivity index (χ2n) is 7.79. The van der Waals surface area contributed by atoms with Crippen molar-refractivity contribution in [2.45, 2.75) is 23.8 Å². The van der Waals surface area contributed by atoms with E-state index in [1.807, 2.05) is 0 Å². The summed E-state index contributed by atoms with van der Waals surface area (Å²) in [4.78, 5) is 51.3. The number of sulfonamides is 1. The van der Waals surface area contributed by atoms with E-state index in [0.717, 1.165) is 6.07 Å². The molecule has 0 bridgehead atoms. The molecule has 4 rings (SSSR count). The monoisotopic (exact) mass is 513 g/mol. The van der Waals surface area contributed by atoms with Gasteiger partial charge in [-0.1, -0.05) is 18.2 Å². The Bertz CT molecular complexity index is 1670. The molecular formula is C23H19N3O9S. The number of H-pyrrole nitrogens is 1. The number of anilines is 1. The summed E-state index contributed by atoms with van der Waals surface area (Å²) in [7, 11) is -4.06. The van der Waals surface area contributed by atoms with Crippen molar-refractivity contribution in [2.24, 2.45) is 0 Å². The summed E-state index contributed by atoms with van der Waals surface area (Å²) in [5, 5.41) is 18.3. The quantitative estimate of drug-likeness (QED) is 0.258. The van der Waals surface area contributed by atoms with Crippen LogP contribution in [0.25, 0.3) is 10.9 Å². The zero-order valence-corrected chi connectivity index (χ0v) is 19.2. The Labute approximate surface area is 202 Å². The Balaban J connectivity index is 1.94. The molecule has 0 saturated carbocycles. The zero-order chi connectivity index (χ0) is 26.0. The van der Waals surface area contributed by atoms with E-state index in [9.17, 15) is 32.7 Å². The van der Waals surface area contributed by atoms with Gasteiger partial charge in [-0.2, -0.15) is 0 Å². The van der Waals surface area contributed by atoms with E-state index < -0.39 is 45.7 Å². The summed E-state index contributed by atoms with van der Waals surface area (Å²) >= 11 is 0. The van der Waals surface area contributed by atoms with Crippen LogP contribution in [0.2, 0.25) is 0 Å². The van der Waals surface area contributed by atoms with Crippen LogP contribution in [-0.2, 0) is 26.0 Å². The predicted molar refractivity (Wildman–Crippen MR) is 127 cm³/mol. The van der Waals surface area contributed by atoms with Gasteiger partial charge in [0, 0.05) is 6.42 Å². The molecule has 0 radical (unpaired) electrons. The summed E-state index contributed by atoms with van der Waals surface area (Å²) < 4.78 is 33.8. The molecular weight excluding hydrogens is 494 g/mol. The Morgan fingerprint density at radius 3 is 2.39 bits per heavy atom. The molecule has 1 unspecified atom stereocenters. The Hall–Kier alpha value is -4.65. The molecule has 0 saturated heterocycles. The number of carboxylic acids is 2. The number of furan rings is 1. The van der Waals surface area contributed by atoms with Gasteiger partial charge in [0.15, 0.2) is 0 Å². The van der Waals surface area contributed by atoms with E-state index in [2.05, 4.69) is 9.71 Å². The van der Waals surface area contributed by atoms with Gasteiger partial charge in [0.25, 0.3) is 15.6 Å². The van der Waals surface area contributed by atoms with Gasteiger partial charge in [0.1, 0.15) is 11.8 Å². The Kier molecular flexibility index (Phi) is 6.49. The van der Waals surface area contributed by atoms with Crippen LogP contribution in [-0.4, -0.2) is 40.1 Å². The summed E-state index contributed by atoms with van der Waals surface area (Å²) in [6, 6.07) is 11.3. The molecule has 2 heterocycles. The summed E-state index contributed by atoms with van der Waals surface area (Å²) in [6.45, 7) is 0. The molecule has 2 aromatic heterocycles. The number of hydrogen-bond acceptors (Lipinski definition) is 7. The SMILES string of the molecule is O=C(O)CC(C(=O)O)n1c(=O)[nH]c2c(Cc3ccco3)cc(NS(=O)(=O)c3ccccc3)cc2c1=O. The first-order chi connectivity index (χ1) is 17.1. The average molecular weight is 513 g/mol. The number of carbonyl (C=O) groups is 2. The smallest absolute Gasteiger partial charge is 0.329 e. The normalized spacial score (nSPS) is 12.3. The number of nitrogens with zero attached hydrogens (tertiary/aromatic N) is 1. The van der Waals surface area contributed by atoms with Crippen molar-refractivity contribution >= 4 is 38.6 Å². The molecule has 13 heteroatoms. The third kappa shape index (κ3) is 4.90. The lowest BCUT2D eigenvalue weighted by atomic mass is 10.0. The van der Waals surface area contributed by atoms with Gasteiger partial charge in [0.2, 0.25) is 0 Å². The van der Waals surface area contributed by atoms with Gasteiger partial charge in [-0.25, -0.2) is 22.6 Å². The lowest BCUT2D eigenvalue weighted by Gasteiger charge is -2.16. The van der Waals surface area contributed by atoms with E-state index in [0.29, 0.717) is 15.9 Å². The molecule has 4 N–H and O–H groups in total. The number of benzene rings is 2. The second kappa shape index (κ2) is 9.54. The van der Waals surface area contributed by atoms with E-state index in [-0.39, 0.29) is 27.9 Å². The van der Waals surface area contributed by atoms with Crippen molar-refractivity contribution < 1.29 is 32.6 Å². The number of rotatable bonds is 9. The molecule has 12 nitrogen and oxygen atoms in total. The van der Waals surface area contributed by atoms with E-state index in [1.54, 1.807) is 18.2 Å². The summed E-state index contributed by atoms with van der Waals surface area (Å²) in [5.41, 5.74) is -1.92. The highest BCUT2D eigenvalue weighted by atomic mass is 32.2. The van der Waals surface area contributed by atoms with Crippen LogP contribution in [0.15, 0.2) is 79.8 Å². The molecule has 36 heavy (non-hydrogen) atoms. The lowest BCUT2D eigenvalue weighted by molar-refractivity contribution is -0.147. The first-order valence-electron chi connectivity index (χ1n) is 10.4. The highest BCUT2D eigenvalue weighted by molar-refractivity contribution is 7.92. The molecule has 2 aromatic carbocycles. The summed E-state index contributed by atoms with van der Waals surface area (Å²) in [5.74, 6) is -2.78. The number of nitrogens with one attached hydrogen (secondary N) is 2. The molecule has 186 valence electrons. The second-order valence-corrected chi connectivity index (χ2v) is 9.47. The molecule has 0 amide bonds. The van der Waals surface area contributed by atoms with E-state index in [1.165, 1.54) is 36.6 Å². The third-order valence-corrected chi connectivity index (χ3v) is 6.73. The molecule has 1 atom stereocenters. The van der Waals surface area contributed by atoms with Gasteiger partial charge in [-0.15, -0.1) is 0 Å². The van der Waals surface area contributed by atoms with Crippen LogP contribution in [0.1, 0.15) is 23.8 Å². The number of carboxylic acid groups (broad SMARTS) is 2. The van der Waals surface area contributed by atoms with Crippen LogP contribution in [0.3, 0.4) is 0 Å². The topological polar surface area (TPSA) is 189 Å². The molecule has 0 fully saturated rings. The van der Waals surface area contributed by atoms with E-state index >= 15 is 0 Å². The maximum Gasteiger partial charge on any atom is 0.329 e. The maximum absolute atomic E-state index is 13.3. The fraction of sp³-hybridized carbons (Fsp3) is 0.130. The van der Waals surface area contributed by atoms with E-state index in [4.69, 9.17) is 9.52 Å². The molecule has 0 aliphatic carbocycles. The lowest BCUT2D eigenvalue weighted by Crippen LogP contribution is -2.42.